The first kappa shape index (κ1) is 16.1. The minimum absolute atomic E-state index is 0.334. The first-order valence-electron chi connectivity index (χ1n) is 7.32. The van der Waals surface area contributed by atoms with Crippen molar-refractivity contribution in [3.8, 4) is 5.75 Å². The third-order valence-electron chi connectivity index (χ3n) is 4.16. The van der Waals surface area contributed by atoms with Gasteiger partial charge in [0.05, 0.1) is 30.8 Å². The number of rotatable bonds is 4. The Hall–Kier alpha value is -1.26. The highest BCUT2D eigenvalue weighted by atomic mass is 35.5. The minimum Gasteiger partial charge on any atom is -0.495 e. The predicted octanol–water partition coefficient (Wildman–Crippen LogP) is 2.26. The molecule has 0 saturated carbocycles. The SMILES string of the molecule is COc1ccc(C(=O)OC(C)(C)C2CC[NH2+]CC2)cc1Cl. The Balaban J connectivity index is 2.07. The van der Waals surface area contributed by atoms with Crippen molar-refractivity contribution in [3.63, 3.8) is 0 Å². The first-order valence-corrected chi connectivity index (χ1v) is 7.70. The number of quaternary nitrogens is 1. The van der Waals surface area contributed by atoms with Gasteiger partial charge in [-0.25, -0.2) is 4.79 Å². The van der Waals surface area contributed by atoms with Gasteiger partial charge in [0.2, 0.25) is 0 Å². The molecule has 0 bridgehead atoms. The van der Waals surface area contributed by atoms with E-state index >= 15 is 0 Å². The van der Waals surface area contributed by atoms with Gasteiger partial charge in [0.1, 0.15) is 11.4 Å². The van der Waals surface area contributed by atoms with Crippen molar-refractivity contribution >= 4 is 17.6 Å². The van der Waals surface area contributed by atoms with Crippen molar-refractivity contribution in [1.29, 1.82) is 0 Å². The van der Waals surface area contributed by atoms with E-state index in [1.807, 2.05) is 13.8 Å². The van der Waals surface area contributed by atoms with E-state index in [9.17, 15) is 4.79 Å². The molecule has 2 N–H and O–H groups in total. The van der Waals surface area contributed by atoms with Crippen LogP contribution in [0, 0.1) is 5.92 Å². The lowest BCUT2D eigenvalue weighted by molar-refractivity contribution is -0.665. The molecule has 1 aromatic rings. The predicted molar refractivity (Wildman–Crippen MR) is 81.9 cm³/mol. The Bertz CT molecular complexity index is 510. The molecule has 1 saturated heterocycles. The van der Waals surface area contributed by atoms with Crippen molar-refractivity contribution in [3.05, 3.63) is 28.8 Å². The second kappa shape index (κ2) is 6.67. The van der Waals surface area contributed by atoms with E-state index in [-0.39, 0.29) is 5.97 Å². The van der Waals surface area contributed by atoms with E-state index in [1.54, 1.807) is 25.3 Å². The van der Waals surface area contributed by atoms with Gasteiger partial charge in [-0.1, -0.05) is 11.6 Å². The maximum Gasteiger partial charge on any atom is 0.338 e. The quantitative estimate of drug-likeness (QED) is 0.868. The van der Waals surface area contributed by atoms with E-state index in [4.69, 9.17) is 21.1 Å². The molecule has 1 aliphatic rings. The second-order valence-corrected chi connectivity index (χ2v) is 6.39. The monoisotopic (exact) mass is 312 g/mol. The third-order valence-corrected chi connectivity index (χ3v) is 4.46. The summed E-state index contributed by atoms with van der Waals surface area (Å²) in [6.07, 6.45) is 2.15. The number of ether oxygens (including phenoxy) is 2. The number of hydrogen-bond donors (Lipinski definition) is 1. The van der Waals surface area contributed by atoms with Gasteiger partial charge < -0.3 is 14.8 Å². The molecule has 5 heteroatoms. The Morgan fingerprint density at radius 2 is 2.00 bits per heavy atom. The summed E-state index contributed by atoms with van der Waals surface area (Å²) in [6.45, 7) is 6.18. The van der Waals surface area contributed by atoms with Crippen LogP contribution in [-0.2, 0) is 4.74 Å². The van der Waals surface area contributed by atoms with Gasteiger partial charge in [-0.3, -0.25) is 0 Å². The van der Waals surface area contributed by atoms with Crippen LogP contribution in [0.1, 0.15) is 37.0 Å². The fourth-order valence-electron chi connectivity index (χ4n) is 2.80. The summed E-state index contributed by atoms with van der Waals surface area (Å²) in [5.74, 6) is 0.620. The van der Waals surface area contributed by atoms with Gasteiger partial charge in [-0.15, -0.1) is 0 Å². The van der Waals surface area contributed by atoms with Gasteiger partial charge in [0, 0.05) is 18.8 Å². The summed E-state index contributed by atoms with van der Waals surface area (Å²) >= 11 is 6.06. The highest BCUT2D eigenvalue weighted by Gasteiger charge is 2.35. The Kier molecular flexibility index (Phi) is 5.12. The summed E-state index contributed by atoms with van der Waals surface area (Å²) in [5, 5.41) is 2.72. The zero-order valence-electron chi connectivity index (χ0n) is 12.8. The fourth-order valence-corrected chi connectivity index (χ4v) is 3.05. The lowest BCUT2D eigenvalue weighted by Crippen LogP contribution is -2.86. The largest absolute Gasteiger partial charge is 0.495 e. The number of piperidine rings is 1. The molecule has 1 aliphatic heterocycles. The van der Waals surface area contributed by atoms with Crippen LogP contribution in [-0.4, -0.2) is 31.8 Å². The average molecular weight is 313 g/mol. The van der Waals surface area contributed by atoms with Crippen LogP contribution in [0.3, 0.4) is 0 Å². The van der Waals surface area contributed by atoms with E-state index in [1.165, 1.54) is 0 Å². The number of carbonyl (C=O) groups is 1. The van der Waals surface area contributed by atoms with Gasteiger partial charge in [0.25, 0.3) is 0 Å². The lowest BCUT2D eigenvalue weighted by atomic mass is 9.83. The maximum absolute atomic E-state index is 12.3. The molecule has 1 heterocycles. The lowest BCUT2D eigenvalue weighted by Gasteiger charge is -2.35. The van der Waals surface area contributed by atoms with Crippen LogP contribution >= 0.6 is 11.6 Å². The van der Waals surface area contributed by atoms with Gasteiger partial charge >= 0.3 is 5.97 Å². The fraction of sp³-hybridized carbons (Fsp3) is 0.562. The molecule has 0 amide bonds. The van der Waals surface area contributed by atoms with Crippen LogP contribution in [0.2, 0.25) is 5.02 Å². The molecule has 0 atom stereocenters. The number of carbonyl (C=O) groups excluding carboxylic acids is 1. The molecular formula is C16H23ClNO3+. The smallest absolute Gasteiger partial charge is 0.338 e. The van der Waals surface area contributed by atoms with Gasteiger partial charge in [-0.2, -0.15) is 0 Å². The third kappa shape index (κ3) is 3.89. The second-order valence-electron chi connectivity index (χ2n) is 5.98. The van der Waals surface area contributed by atoms with E-state index in [2.05, 4.69) is 5.32 Å². The standard InChI is InChI=1S/C16H22ClNO3/c1-16(2,12-6-8-18-9-7-12)21-15(19)11-4-5-14(20-3)13(17)10-11/h4-5,10,12,18H,6-9H2,1-3H3/p+1. The Labute approximate surface area is 130 Å². The topological polar surface area (TPSA) is 52.1 Å². The van der Waals surface area contributed by atoms with Gasteiger partial charge in [0.15, 0.2) is 0 Å². The van der Waals surface area contributed by atoms with Crippen molar-refractivity contribution in [2.24, 2.45) is 5.92 Å². The van der Waals surface area contributed by atoms with Crippen molar-refractivity contribution < 1.29 is 19.6 Å². The number of halogens is 1. The van der Waals surface area contributed by atoms with Crippen LogP contribution in [0.25, 0.3) is 0 Å². The van der Waals surface area contributed by atoms with E-state index in [0.29, 0.717) is 22.3 Å². The first-order chi connectivity index (χ1) is 9.94. The van der Waals surface area contributed by atoms with Gasteiger partial charge in [-0.05, 0) is 32.0 Å². The molecule has 0 aromatic heterocycles. The minimum atomic E-state index is -0.461. The average Bonchev–Trinajstić information content (AvgIpc) is 2.47. The molecule has 21 heavy (non-hydrogen) atoms. The highest BCUT2D eigenvalue weighted by Crippen LogP contribution is 2.30. The van der Waals surface area contributed by atoms with Crippen LogP contribution < -0.4 is 10.1 Å². The van der Waals surface area contributed by atoms with Crippen LogP contribution in [0.5, 0.6) is 5.75 Å². The number of hydrogen-bond acceptors (Lipinski definition) is 3. The zero-order valence-corrected chi connectivity index (χ0v) is 13.6. The molecule has 0 aliphatic carbocycles. The number of esters is 1. The molecule has 4 nitrogen and oxygen atoms in total. The molecule has 0 unspecified atom stereocenters. The molecule has 116 valence electrons. The normalized spacial score (nSPS) is 16.6. The summed E-state index contributed by atoms with van der Waals surface area (Å²) in [5.41, 5.74) is -0.00571. The molecular weight excluding hydrogens is 290 g/mol. The van der Waals surface area contributed by atoms with Crippen molar-refractivity contribution in [2.75, 3.05) is 20.2 Å². The molecule has 0 spiro atoms. The molecule has 1 aromatic carbocycles. The summed E-state index contributed by atoms with van der Waals surface area (Å²) in [7, 11) is 1.54. The summed E-state index contributed by atoms with van der Waals surface area (Å²) in [6, 6.07) is 4.95. The number of nitrogens with two attached hydrogens (primary N) is 1. The van der Waals surface area contributed by atoms with Crippen LogP contribution in [0.4, 0.5) is 0 Å². The highest BCUT2D eigenvalue weighted by molar-refractivity contribution is 6.32. The number of benzene rings is 1. The summed E-state index contributed by atoms with van der Waals surface area (Å²) in [4.78, 5) is 12.3. The molecule has 0 radical (unpaired) electrons. The maximum atomic E-state index is 12.3. The van der Waals surface area contributed by atoms with Crippen LogP contribution in [0.15, 0.2) is 18.2 Å². The van der Waals surface area contributed by atoms with Crippen molar-refractivity contribution in [1.82, 2.24) is 0 Å². The van der Waals surface area contributed by atoms with E-state index in [0.717, 1.165) is 25.9 Å². The molecule has 2 rings (SSSR count). The Morgan fingerprint density at radius 3 is 2.57 bits per heavy atom. The molecule has 1 fully saturated rings. The number of methoxy groups -OCH3 is 1. The van der Waals surface area contributed by atoms with E-state index < -0.39 is 5.60 Å². The zero-order chi connectivity index (χ0) is 15.5. The van der Waals surface area contributed by atoms with Crippen molar-refractivity contribution in [2.45, 2.75) is 32.3 Å². The Morgan fingerprint density at radius 1 is 1.33 bits per heavy atom. The summed E-state index contributed by atoms with van der Waals surface area (Å²) < 4.78 is 10.8.